The van der Waals surface area contributed by atoms with Crippen molar-refractivity contribution in [3.63, 3.8) is 0 Å². The average molecular weight is 508 g/mol. The number of hydrogen-bond donors (Lipinski definition) is 1. The van der Waals surface area contributed by atoms with E-state index in [4.69, 9.17) is 9.47 Å². The lowest BCUT2D eigenvalue weighted by Crippen LogP contribution is -2.24. The predicted octanol–water partition coefficient (Wildman–Crippen LogP) is 5.56. The van der Waals surface area contributed by atoms with Crippen molar-refractivity contribution in [3.05, 3.63) is 57.7 Å². The summed E-state index contributed by atoms with van der Waals surface area (Å²) >= 11 is 2.22. The summed E-state index contributed by atoms with van der Waals surface area (Å²) in [5, 5.41) is 3.96. The van der Waals surface area contributed by atoms with E-state index in [9.17, 15) is 4.79 Å². The first kappa shape index (κ1) is 23.2. The molecule has 0 saturated carbocycles. The maximum atomic E-state index is 11.8. The largest absolute Gasteiger partial charge is 0.494 e. The number of halogens is 1. The fourth-order valence-corrected chi connectivity index (χ4v) is 2.97. The monoisotopic (exact) mass is 508 g/mol. The number of benzene rings is 2. The van der Waals surface area contributed by atoms with Gasteiger partial charge in [-0.3, -0.25) is 4.79 Å². The number of hydrogen-bond acceptors (Lipinski definition) is 4. The molecule has 0 aliphatic heterocycles. The van der Waals surface area contributed by atoms with Gasteiger partial charge in [0.25, 0.3) is 5.91 Å². The van der Waals surface area contributed by atoms with Crippen LogP contribution in [0.1, 0.15) is 51.0 Å². The molecule has 29 heavy (non-hydrogen) atoms. The van der Waals surface area contributed by atoms with Crippen LogP contribution in [0, 0.1) is 3.57 Å². The van der Waals surface area contributed by atoms with Crippen LogP contribution in [0.5, 0.6) is 11.5 Å². The van der Waals surface area contributed by atoms with Crippen molar-refractivity contribution in [1.82, 2.24) is 5.43 Å². The Morgan fingerprint density at radius 2 is 1.55 bits per heavy atom. The smallest absolute Gasteiger partial charge is 0.277 e. The van der Waals surface area contributed by atoms with Gasteiger partial charge in [0.15, 0.2) is 6.61 Å². The Labute approximate surface area is 187 Å². The van der Waals surface area contributed by atoms with Crippen LogP contribution < -0.4 is 14.9 Å². The highest BCUT2D eigenvalue weighted by Crippen LogP contribution is 2.14. The quantitative estimate of drug-likeness (QED) is 0.167. The summed E-state index contributed by atoms with van der Waals surface area (Å²) in [5.41, 5.74) is 3.35. The Balaban J connectivity index is 1.62. The van der Waals surface area contributed by atoms with Gasteiger partial charge in [-0.25, -0.2) is 5.43 Å². The van der Waals surface area contributed by atoms with E-state index in [1.807, 2.05) is 48.5 Å². The summed E-state index contributed by atoms with van der Waals surface area (Å²) in [4.78, 5) is 11.8. The molecule has 1 amide bonds. The van der Waals surface area contributed by atoms with Crippen LogP contribution in [0.3, 0.4) is 0 Å². The molecule has 0 atom stereocenters. The van der Waals surface area contributed by atoms with E-state index >= 15 is 0 Å². The standard InChI is InChI=1S/C23H29IN2O3/c1-2-3-4-5-6-7-16-28-21-12-8-19(9-13-21)17-25-26-23(27)18-29-22-14-10-20(24)11-15-22/h8-15,17H,2-7,16,18H2,1H3,(H,26,27)/b25-17+. The second kappa shape index (κ2) is 14.0. The molecule has 156 valence electrons. The zero-order valence-electron chi connectivity index (χ0n) is 16.9. The highest BCUT2D eigenvalue weighted by molar-refractivity contribution is 14.1. The van der Waals surface area contributed by atoms with E-state index in [0.29, 0.717) is 5.75 Å². The van der Waals surface area contributed by atoms with Gasteiger partial charge in [0, 0.05) is 3.57 Å². The Morgan fingerprint density at radius 1 is 0.931 bits per heavy atom. The van der Waals surface area contributed by atoms with Gasteiger partial charge in [0.2, 0.25) is 0 Å². The third-order valence-electron chi connectivity index (χ3n) is 4.23. The number of carbonyl (C=O) groups is 1. The van der Waals surface area contributed by atoms with Crippen LogP contribution in [0.25, 0.3) is 0 Å². The number of unbranched alkanes of at least 4 members (excludes halogenated alkanes) is 5. The van der Waals surface area contributed by atoms with Crippen molar-refractivity contribution >= 4 is 34.7 Å². The molecule has 0 aliphatic rings. The van der Waals surface area contributed by atoms with E-state index in [-0.39, 0.29) is 12.5 Å². The molecule has 0 heterocycles. The average Bonchev–Trinajstić information content (AvgIpc) is 2.74. The number of hydrazone groups is 1. The number of carbonyl (C=O) groups excluding carboxylic acids is 1. The number of amides is 1. The van der Waals surface area contributed by atoms with Gasteiger partial charge in [-0.2, -0.15) is 5.10 Å². The molecule has 0 aromatic heterocycles. The van der Waals surface area contributed by atoms with Gasteiger partial charge in [-0.05, 0) is 83.1 Å². The number of rotatable bonds is 13. The molecular weight excluding hydrogens is 479 g/mol. The number of nitrogens with zero attached hydrogens (tertiary/aromatic N) is 1. The second-order valence-corrected chi connectivity index (χ2v) is 7.97. The van der Waals surface area contributed by atoms with E-state index in [1.165, 1.54) is 32.1 Å². The Morgan fingerprint density at radius 3 is 2.28 bits per heavy atom. The first-order valence-corrected chi connectivity index (χ1v) is 11.2. The van der Waals surface area contributed by atoms with Crippen LogP contribution in [-0.4, -0.2) is 25.3 Å². The fraction of sp³-hybridized carbons (Fsp3) is 0.391. The second-order valence-electron chi connectivity index (χ2n) is 6.72. The van der Waals surface area contributed by atoms with Crippen molar-refractivity contribution in [2.75, 3.05) is 13.2 Å². The summed E-state index contributed by atoms with van der Waals surface area (Å²) < 4.78 is 12.3. The molecule has 6 heteroatoms. The van der Waals surface area contributed by atoms with Crippen molar-refractivity contribution < 1.29 is 14.3 Å². The molecule has 0 radical (unpaired) electrons. The highest BCUT2D eigenvalue weighted by Gasteiger charge is 2.01. The van der Waals surface area contributed by atoms with Gasteiger partial charge in [-0.15, -0.1) is 0 Å². The van der Waals surface area contributed by atoms with E-state index in [1.54, 1.807) is 6.21 Å². The van der Waals surface area contributed by atoms with E-state index in [0.717, 1.165) is 27.9 Å². The zero-order valence-corrected chi connectivity index (χ0v) is 19.1. The van der Waals surface area contributed by atoms with Crippen molar-refractivity contribution in [3.8, 4) is 11.5 Å². The van der Waals surface area contributed by atoms with Gasteiger partial charge >= 0.3 is 0 Å². The Kier molecular flexibility index (Phi) is 11.2. The van der Waals surface area contributed by atoms with Crippen LogP contribution in [0.4, 0.5) is 0 Å². The molecule has 2 aromatic rings. The molecule has 2 rings (SSSR count). The number of nitrogens with one attached hydrogen (secondary N) is 1. The summed E-state index contributed by atoms with van der Waals surface area (Å²) in [5.74, 6) is 1.20. The normalized spacial score (nSPS) is 10.8. The summed E-state index contributed by atoms with van der Waals surface area (Å²) in [6.07, 6.45) is 9.11. The lowest BCUT2D eigenvalue weighted by Gasteiger charge is -2.06. The zero-order chi connectivity index (χ0) is 20.7. The maximum absolute atomic E-state index is 11.8. The SMILES string of the molecule is CCCCCCCCOc1ccc(/C=N/NC(=O)COc2ccc(I)cc2)cc1. The van der Waals surface area contributed by atoms with E-state index < -0.39 is 0 Å². The molecule has 0 aliphatic carbocycles. The minimum Gasteiger partial charge on any atom is -0.494 e. The highest BCUT2D eigenvalue weighted by atomic mass is 127. The van der Waals surface area contributed by atoms with Gasteiger partial charge in [0.1, 0.15) is 11.5 Å². The molecule has 0 unspecified atom stereocenters. The van der Waals surface area contributed by atoms with Crippen LogP contribution in [0.15, 0.2) is 53.6 Å². The molecule has 0 saturated heterocycles. The molecule has 1 N–H and O–H groups in total. The lowest BCUT2D eigenvalue weighted by molar-refractivity contribution is -0.123. The molecule has 5 nitrogen and oxygen atoms in total. The third kappa shape index (κ3) is 10.3. The first-order valence-electron chi connectivity index (χ1n) is 10.1. The Bertz CT molecular complexity index is 746. The van der Waals surface area contributed by atoms with Crippen molar-refractivity contribution in [1.29, 1.82) is 0 Å². The van der Waals surface area contributed by atoms with E-state index in [2.05, 4.69) is 40.0 Å². The van der Waals surface area contributed by atoms with Gasteiger partial charge in [-0.1, -0.05) is 39.0 Å². The Hall–Kier alpha value is -2.09. The summed E-state index contributed by atoms with van der Waals surface area (Å²) in [6, 6.07) is 15.2. The minimum atomic E-state index is -0.307. The van der Waals surface area contributed by atoms with Gasteiger partial charge < -0.3 is 9.47 Å². The van der Waals surface area contributed by atoms with Crippen molar-refractivity contribution in [2.24, 2.45) is 5.10 Å². The molecule has 0 bridgehead atoms. The molecule has 0 fully saturated rings. The maximum Gasteiger partial charge on any atom is 0.277 e. The van der Waals surface area contributed by atoms with Crippen LogP contribution >= 0.6 is 22.6 Å². The topological polar surface area (TPSA) is 59.9 Å². The van der Waals surface area contributed by atoms with Crippen LogP contribution in [0.2, 0.25) is 0 Å². The fourth-order valence-electron chi connectivity index (χ4n) is 2.61. The summed E-state index contributed by atoms with van der Waals surface area (Å²) in [7, 11) is 0. The molecule has 2 aromatic carbocycles. The molecular formula is C23H29IN2O3. The molecule has 0 spiro atoms. The van der Waals surface area contributed by atoms with Crippen LogP contribution in [-0.2, 0) is 4.79 Å². The lowest BCUT2D eigenvalue weighted by atomic mass is 10.1. The first-order chi connectivity index (χ1) is 14.2. The third-order valence-corrected chi connectivity index (χ3v) is 4.95. The number of ether oxygens (including phenoxy) is 2. The van der Waals surface area contributed by atoms with Gasteiger partial charge in [0.05, 0.1) is 12.8 Å². The predicted molar refractivity (Wildman–Crippen MR) is 126 cm³/mol. The summed E-state index contributed by atoms with van der Waals surface area (Å²) in [6.45, 7) is 2.89. The van der Waals surface area contributed by atoms with Crippen molar-refractivity contribution in [2.45, 2.75) is 45.4 Å². The minimum absolute atomic E-state index is 0.0802.